The molecule has 104 valence electrons. The monoisotopic (exact) mass is 276 g/mol. The quantitative estimate of drug-likeness (QED) is 0.481. The van der Waals surface area contributed by atoms with Crippen LogP contribution >= 0.6 is 11.8 Å². The molecule has 0 bridgehead atoms. The van der Waals surface area contributed by atoms with E-state index >= 15 is 0 Å². The summed E-state index contributed by atoms with van der Waals surface area (Å²) in [5, 5.41) is 7.44. The Balaban J connectivity index is 1.92. The zero-order chi connectivity index (χ0) is 14.1. The number of amidine groups is 1. The van der Waals surface area contributed by atoms with Crippen molar-refractivity contribution in [3.8, 4) is 0 Å². The van der Waals surface area contributed by atoms with Crippen molar-refractivity contribution in [2.45, 2.75) is 50.3 Å². The summed E-state index contributed by atoms with van der Waals surface area (Å²) in [4.78, 5) is 1.32. The molecule has 0 aromatic heterocycles. The van der Waals surface area contributed by atoms with E-state index < -0.39 is 0 Å². The molecule has 0 aliphatic heterocycles. The van der Waals surface area contributed by atoms with Crippen molar-refractivity contribution < 1.29 is 0 Å². The summed E-state index contributed by atoms with van der Waals surface area (Å²) in [6.45, 7) is 6.71. The molecule has 1 aromatic carbocycles. The van der Waals surface area contributed by atoms with Gasteiger partial charge in [0.1, 0.15) is 0 Å². The van der Waals surface area contributed by atoms with Gasteiger partial charge in [0.05, 0.1) is 5.84 Å². The molecule has 0 saturated heterocycles. The Labute approximate surface area is 120 Å². The number of nitrogens with two attached hydrogens (primary N) is 1. The van der Waals surface area contributed by atoms with E-state index in [0.717, 1.165) is 12.2 Å². The summed E-state index contributed by atoms with van der Waals surface area (Å²) in [6.07, 6.45) is 3.21. The van der Waals surface area contributed by atoms with Crippen molar-refractivity contribution in [2.24, 2.45) is 11.1 Å². The lowest BCUT2D eigenvalue weighted by Crippen LogP contribution is -2.18. The summed E-state index contributed by atoms with van der Waals surface area (Å²) < 4.78 is 0. The molecule has 1 fully saturated rings. The molecule has 1 saturated carbocycles. The van der Waals surface area contributed by atoms with Gasteiger partial charge < -0.3 is 5.73 Å². The first-order valence-electron chi connectivity index (χ1n) is 6.87. The van der Waals surface area contributed by atoms with Gasteiger partial charge in [0.2, 0.25) is 0 Å². The summed E-state index contributed by atoms with van der Waals surface area (Å²) in [7, 11) is 0. The first kappa shape index (κ1) is 14.4. The zero-order valence-electron chi connectivity index (χ0n) is 12.1. The highest BCUT2D eigenvalue weighted by molar-refractivity contribution is 7.99. The van der Waals surface area contributed by atoms with Gasteiger partial charge in [0.15, 0.2) is 0 Å². The van der Waals surface area contributed by atoms with Crippen molar-refractivity contribution >= 4 is 17.6 Å². The number of rotatable bonds is 5. The normalized spacial score (nSPS) is 17.2. The maximum absolute atomic E-state index is 7.44. The topological polar surface area (TPSA) is 49.9 Å². The number of benzene rings is 1. The Bertz CT molecular complexity index is 453. The van der Waals surface area contributed by atoms with Gasteiger partial charge in [-0.25, -0.2) is 0 Å². The molecule has 2 rings (SSSR count). The Morgan fingerprint density at radius 3 is 2.26 bits per heavy atom. The minimum atomic E-state index is 0.218. The van der Waals surface area contributed by atoms with E-state index in [9.17, 15) is 0 Å². The van der Waals surface area contributed by atoms with E-state index in [0.29, 0.717) is 11.3 Å². The Morgan fingerprint density at radius 1 is 1.26 bits per heavy atom. The second-order valence-corrected chi connectivity index (χ2v) is 7.81. The van der Waals surface area contributed by atoms with E-state index in [2.05, 4.69) is 45.0 Å². The Morgan fingerprint density at radius 2 is 1.84 bits per heavy atom. The fourth-order valence-corrected chi connectivity index (χ4v) is 3.43. The van der Waals surface area contributed by atoms with Crippen LogP contribution in [0.15, 0.2) is 29.2 Å². The van der Waals surface area contributed by atoms with Crippen LogP contribution in [0.4, 0.5) is 0 Å². The lowest BCUT2D eigenvalue weighted by atomic mass is 9.87. The smallest absolute Gasteiger partial charge is 0.0911 e. The van der Waals surface area contributed by atoms with E-state index in [-0.39, 0.29) is 5.41 Å². The lowest BCUT2D eigenvalue weighted by molar-refractivity contribution is 0.589. The second kappa shape index (κ2) is 5.20. The Kier molecular flexibility index (Phi) is 3.95. The predicted octanol–water partition coefficient (Wildman–Crippen LogP) is 4.18. The third-order valence-corrected chi connectivity index (χ3v) is 5.15. The van der Waals surface area contributed by atoms with Crippen LogP contribution < -0.4 is 5.73 Å². The highest BCUT2D eigenvalue weighted by Crippen LogP contribution is 2.51. The molecule has 0 spiro atoms. The number of thioether (sulfide) groups is 1. The van der Waals surface area contributed by atoms with E-state index in [4.69, 9.17) is 11.1 Å². The molecule has 1 aliphatic carbocycles. The van der Waals surface area contributed by atoms with E-state index in [1.807, 2.05) is 11.8 Å². The molecule has 0 radical (unpaired) electrons. The highest BCUT2D eigenvalue weighted by Gasteiger charge is 2.42. The summed E-state index contributed by atoms with van der Waals surface area (Å²) in [5.41, 5.74) is 7.44. The fraction of sp³-hybridized carbons (Fsp3) is 0.562. The van der Waals surface area contributed by atoms with E-state index in [1.54, 1.807) is 0 Å². The van der Waals surface area contributed by atoms with Gasteiger partial charge in [-0.15, -0.1) is 11.8 Å². The molecule has 2 nitrogen and oxygen atoms in total. The zero-order valence-corrected chi connectivity index (χ0v) is 12.9. The fourth-order valence-electron chi connectivity index (χ4n) is 2.24. The van der Waals surface area contributed by atoms with E-state index in [1.165, 1.54) is 23.3 Å². The molecule has 3 heteroatoms. The lowest BCUT2D eigenvalue weighted by Gasteiger charge is -2.19. The molecule has 0 unspecified atom stereocenters. The van der Waals surface area contributed by atoms with Crippen molar-refractivity contribution in [1.29, 1.82) is 5.41 Å². The van der Waals surface area contributed by atoms with Crippen molar-refractivity contribution in [2.75, 3.05) is 5.75 Å². The van der Waals surface area contributed by atoms with Crippen molar-refractivity contribution in [3.05, 3.63) is 29.8 Å². The predicted molar refractivity (Wildman–Crippen MR) is 84.1 cm³/mol. The third-order valence-electron chi connectivity index (χ3n) is 3.79. The summed E-state index contributed by atoms with van der Waals surface area (Å²) in [6, 6.07) is 8.89. The minimum Gasteiger partial charge on any atom is -0.388 e. The molecule has 1 aromatic rings. The maximum Gasteiger partial charge on any atom is 0.0911 e. The van der Waals surface area contributed by atoms with Gasteiger partial charge >= 0.3 is 0 Å². The van der Waals surface area contributed by atoms with Gasteiger partial charge in [-0.3, -0.25) is 5.41 Å². The molecule has 19 heavy (non-hydrogen) atoms. The van der Waals surface area contributed by atoms with Crippen LogP contribution in [0.25, 0.3) is 0 Å². The highest BCUT2D eigenvalue weighted by atomic mass is 32.2. The second-order valence-electron chi connectivity index (χ2n) is 6.77. The number of hydrogen-bond acceptors (Lipinski definition) is 2. The summed E-state index contributed by atoms with van der Waals surface area (Å²) >= 11 is 1.90. The number of nitrogens with one attached hydrogen (secondary N) is 1. The van der Waals surface area contributed by atoms with Gasteiger partial charge in [-0.05, 0) is 41.4 Å². The van der Waals surface area contributed by atoms with Crippen LogP contribution in [0.2, 0.25) is 0 Å². The first-order chi connectivity index (χ1) is 8.81. The molecule has 3 N–H and O–H groups in total. The van der Waals surface area contributed by atoms with Gasteiger partial charge in [-0.1, -0.05) is 32.9 Å². The number of hydrogen-bond donors (Lipinski definition) is 2. The van der Waals surface area contributed by atoms with Crippen molar-refractivity contribution in [3.63, 3.8) is 0 Å². The standard InChI is InChI=1S/C16H24N2S/c1-15(2,3)12-4-6-13(7-5-12)19-11-16(8-9-16)10-14(17)18/h4-7H,8-11H2,1-3H3,(H3,17,18). The van der Waals surface area contributed by atoms with Gasteiger partial charge in [-0.2, -0.15) is 0 Å². The van der Waals surface area contributed by atoms with Crippen LogP contribution in [-0.4, -0.2) is 11.6 Å². The molecule has 0 heterocycles. The SMILES string of the molecule is CC(C)(C)c1ccc(SCC2(CC(=N)N)CC2)cc1. The molecule has 1 aliphatic rings. The maximum atomic E-state index is 7.44. The van der Waals surface area contributed by atoms with Crippen molar-refractivity contribution in [1.82, 2.24) is 0 Å². The van der Waals surface area contributed by atoms with Crippen LogP contribution in [0.3, 0.4) is 0 Å². The average Bonchev–Trinajstić information content (AvgIpc) is 3.05. The van der Waals surface area contributed by atoms with Gasteiger partial charge in [0, 0.05) is 17.1 Å². The average molecular weight is 276 g/mol. The molecular formula is C16H24N2S. The first-order valence-corrected chi connectivity index (χ1v) is 7.86. The Hall–Kier alpha value is -0.960. The minimum absolute atomic E-state index is 0.218. The largest absolute Gasteiger partial charge is 0.388 e. The molecule has 0 atom stereocenters. The molecular weight excluding hydrogens is 252 g/mol. The molecule has 0 amide bonds. The summed E-state index contributed by atoms with van der Waals surface area (Å²) in [5.74, 6) is 1.42. The van der Waals surface area contributed by atoms with Crippen LogP contribution in [0.1, 0.15) is 45.6 Å². The van der Waals surface area contributed by atoms with Crippen LogP contribution in [0, 0.1) is 10.8 Å². The van der Waals surface area contributed by atoms with Gasteiger partial charge in [0.25, 0.3) is 0 Å². The third kappa shape index (κ3) is 4.00. The van der Waals surface area contributed by atoms with Crippen LogP contribution in [0.5, 0.6) is 0 Å². The van der Waals surface area contributed by atoms with Crippen LogP contribution in [-0.2, 0) is 5.41 Å².